The minimum atomic E-state index is -0.0485. The summed E-state index contributed by atoms with van der Waals surface area (Å²) < 4.78 is 11.2. The van der Waals surface area contributed by atoms with Gasteiger partial charge in [0.05, 0.1) is 18.6 Å². The second-order valence-corrected chi connectivity index (χ2v) is 8.93. The Hall–Kier alpha value is -3.19. The van der Waals surface area contributed by atoms with Crippen LogP contribution in [0.15, 0.2) is 53.1 Å². The van der Waals surface area contributed by atoms with E-state index in [9.17, 15) is 4.79 Å². The molecule has 0 saturated carbocycles. The molecule has 1 fully saturated rings. The van der Waals surface area contributed by atoms with Crippen LogP contribution in [0.3, 0.4) is 0 Å². The molecule has 3 aromatic rings. The second kappa shape index (κ2) is 10.6. The van der Waals surface area contributed by atoms with Crippen LogP contribution in [0.1, 0.15) is 43.7 Å². The summed E-state index contributed by atoms with van der Waals surface area (Å²) in [5.41, 5.74) is 3.12. The zero-order valence-corrected chi connectivity index (χ0v) is 19.6. The van der Waals surface area contributed by atoms with Crippen molar-refractivity contribution in [3.63, 3.8) is 0 Å². The van der Waals surface area contributed by atoms with Crippen molar-refractivity contribution in [2.45, 2.75) is 52.8 Å². The number of aromatic nitrogens is 2. The Kier molecular flexibility index (Phi) is 7.40. The summed E-state index contributed by atoms with van der Waals surface area (Å²) in [6, 6.07) is 15.9. The number of carbonyl (C=O) groups excluding carboxylic acids is 1. The van der Waals surface area contributed by atoms with E-state index in [1.54, 1.807) is 0 Å². The molecule has 33 heavy (non-hydrogen) atoms. The summed E-state index contributed by atoms with van der Waals surface area (Å²) in [7, 11) is 0. The van der Waals surface area contributed by atoms with E-state index in [0.717, 1.165) is 41.8 Å². The molecule has 4 rings (SSSR count). The zero-order valence-electron chi connectivity index (χ0n) is 19.6. The summed E-state index contributed by atoms with van der Waals surface area (Å²) in [5, 5.41) is 7.25. The first-order valence-corrected chi connectivity index (χ1v) is 11.6. The number of hydrogen-bond acceptors (Lipinski definition) is 6. The van der Waals surface area contributed by atoms with Crippen molar-refractivity contribution >= 4 is 5.91 Å². The summed E-state index contributed by atoms with van der Waals surface area (Å²) >= 11 is 0. The van der Waals surface area contributed by atoms with Gasteiger partial charge < -0.3 is 14.6 Å². The predicted molar refractivity (Wildman–Crippen MR) is 127 cm³/mol. The smallest absolute Gasteiger partial charge is 0.241 e. The van der Waals surface area contributed by atoms with Gasteiger partial charge in [0.25, 0.3) is 0 Å². The molecule has 1 amide bonds. The van der Waals surface area contributed by atoms with Gasteiger partial charge in [0.2, 0.25) is 17.6 Å². The van der Waals surface area contributed by atoms with E-state index in [0.29, 0.717) is 31.3 Å². The number of likely N-dealkylation sites (tertiary alicyclic amines) is 1. The van der Waals surface area contributed by atoms with Crippen LogP contribution in [0.4, 0.5) is 0 Å². The Morgan fingerprint density at radius 3 is 2.91 bits per heavy atom. The largest absolute Gasteiger partial charge is 0.491 e. The molecule has 0 radical (unpaired) electrons. The fourth-order valence-electron chi connectivity index (χ4n) is 4.19. The Labute approximate surface area is 195 Å². The van der Waals surface area contributed by atoms with Crippen molar-refractivity contribution in [2.75, 3.05) is 13.1 Å². The van der Waals surface area contributed by atoms with Gasteiger partial charge in [-0.25, -0.2) is 0 Å². The maximum absolute atomic E-state index is 12.8. The maximum atomic E-state index is 12.8. The highest BCUT2D eigenvalue weighted by atomic mass is 16.5. The molecule has 1 aliphatic heterocycles. The Morgan fingerprint density at radius 1 is 1.24 bits per heavy atom. The molecule has 1 atom stereocenters. The van der Waals surface area contributed by atoms with E-state index in [-0.39, 0.29) is 17.9 Å². The average molecular weight is 449 g/mol. The predicted octanol–water partition coefficient (Wildman–Crippen LogP) is 4.36. The number of rotatable bonds is 8. The number of nitrogens with zero attached hydrogens (tertiary/aromatic N) is 3. The lowest BCUT2D eigenvalue weighted by molar-refractivity contribution is -0.127. The van der Waals surface area contributed by atoms with Gasteiger partial charge in [-0.3, -0.25) is 9.69 Å². The fourth-order valence-corrected chi connectivity index (χ4v) is 4.19. The number of amides is 1. The number of hydrogen-bond donors (Lipinski definition) is 1. The number of ether oxygens (including phenoxy) is 1. The number of aryl methyl sites for hydroxylation is 1. The van der Waals surface area contributed by atoms with E-state index >= 15 is 0 Å². The lowest BCUT2D eigenvalue weighted by atomic mass is 9.97. The molecule has 2 heterocycles. The van der Waals surface area contributed by atoms with Crippen molar-refractivity contribution in [3.05, 3.63) is 65.5 Å². The van der Waals surface area contributed by atoms with Crippen molar-refractivity contribution in [1.82, 2.24) is 20.4 Å². The Morgan fingerprint density at radius 2 is 2.09 bits per heavy atom. The van der Waals surface area contributed by atoms with E-state index in [1.807, 2.05) is 69.3 Å². The van der Waals surface area contributed by atoms with Crippen molar-refractivity contribution < 1.29 is 14.1 Å². The molecule has 0 bridgehead atoms. The van der Waals surface area contributed by atoms with E-state index in [2.05, 4.69) is 20.4 Å². The number of piperidine rings is 1. The molecule has 1 saturated heterocycles. The number of nitrogens with one attached hydrogen (secondary N) is 1. The molecule has 2 aromatic carbocycles. The quantitative estimate of drug-likeness (QED) is 0.552. The molecule has 1 N–H and O–H groups in total. The molecule has 7 heteroatoms. The lowest BCUT2D eigenvalue weighted by Gasteiger charge is -2.30. The minimum absolute atomic E-state index is 0.0485. The molecule has 1 unspecified atom stereocenters. The normalized spacial score (nSPS) is 16.7. The van der Waals surface area contributed by atoms with E-state index in [4.69, 9.17) is 9.26 Å². The molecular weight excluding hydrogens is 416 g/mol. The van der Waals surface area contributed by atoms with Crippen LogP contribution in [0.25, 0.3) is 11.4 Å². The van der Waals surface area contributed by atoms with Gasteiger partial charge in [-0.05, 0) is 63.4 Å². The minimum Gasteiger partial charge on any atom is -0.491 e. The van der Waals surface area contributed by atoms with Gasteiger partial charge in [-0.2, -0.15) is 4.98 Å². The molecule has 1 aliphatic rings. The number of carbonyl (C=O) groups is 1. The third-order valence-electron chi connectivity index (χ3n) is 5.83. The highest BCUT2D eigenvalue weighted by molar-refractivity contribution is 5.79. The number of benzene rings is 2. The SMILES string of the molecule is Cc1ccccc1-c1noc(CN2CCCC(C(=O)NCc3cccc(OC(C)C)c3)C2)n1. The summed E-state index contributed by atoms with van der Waals surface area (Å²) in [6.07, 6.45) is 1.97. The molecule has 0 spiro atoms. The first-order chi connectivity index (χ1) is 16.0. The third kappa shape index (κ3) is 6.20. The van der Waals surface area contributed by atoms with Crippen LogP contribution >= 0.6 is 0 Å². The zero-order chi connectivity index (χ0) is 23.2. The second-order valence-electron chi connectivity index (χ2n) is 8.93. The molecule has 1 aromatic heterocycles. The van der Waals surface area contributed by atoms with E-state index in [1.165, 1.54) is 0 Å². The Bertz CT molecular complexity index is 1080. The van der Waals surface area contributed by atoms with Crippen LogP contribution < -0.4 is 10.1 Å². The van der Waals surface area contributed by atoms with Crippen LogP contribution in [0, 0.1) is 12.8 Å². The molecule has 7 nitrogen and oxygen atoms in total. The van der Waals surface area contributed by atoms with Crippen LogP contribution in [0.5, 0.6) is 5.75 Å². The third-order valence-corrected chi connectivity index (χ3v) is 5.83. The van der Waals surface area contributed by atoms with E-state index < -0.39 is 0 Å². The maximum Gasteiger partial charge on any atom is 0.241 e. The summed E-state index contributed by atoms with van der Waals surface area (Å²) in [6.45, 7) is 8.69. The van der Waals surface area contributed by atoms with Gasteiger partial charge in [0, 0.05) is 18.7 Å². The summed E-state index contributed by atoms with van der Waals surface area (Å²) in [5.74, 6) is 2.05. The topological polar surface area (TPSA) is 80.5 Å². The highest BCUT2D eigenvalue weighted by Gasteiger charge is 2.27. The standard InChI is InChI=1S/C26H32N4O3/c1-18(2)32-22-11-6-9-20(14-22)15-27-26(31)21-10-7-13-30(16-21)17-24-28-25(29-33-24)23-12-5-4-8-19(23)3/h4-6,8-9,11-12,14,18,21H,7,10,13,15-17H2,1-3H3,(H,27,31). The van der Waals surface area contributed by atoms with Crippen molar-refractivity contribution in [3.8, 4) is 17.1 Å². The van der Waals surface area contributed by atoms with Gasteiger partial charge in [-0.1, -0.05) is 41.6 Å². The van der Waals surface area contributed by atoms with Crippen molar-refractivity contribution in [2.24, 2.45) is 5.92 Å². The summed E-state index contributed by atoms with van der Waals surface area (Å²) in [4.78, 5) is 19.6. The monoisotopic (exact) mass is 448 g/mol. The first-order valence-electron chi connectivity index (χ1n) is 11.6. The van der Waals surface area contributed by atoms with Gasteiger partial charge in [0.1, 0.15) is 5.75 Å². The van der Waals surface area contributed by atoms with Crippen molar-refractivity contribution in [1.29, 1.82) is 0 Å². The van der Waals surface area contributed by atoms with Gasteiger partial charge in [-0.15, -0.1) is 0 Å². The van der Waals surface area contributed by atoms with Crippen LogP contribution in [-0.2, 0) is 17.9 Å². The highest BCUT2D eigenvalue weighted by Crippen LogP contribution is 2.22. The lowest BCUT2D eigenvalue weighted by Crippen LogP contribution is -2.42. The van der Waals surface area contributed by atoms with Crippen LogP contribution in [-0.4, -0.2) is 40.1 Å². The van der Waals surface area contributed by atoms with Gasteiger partial charge >= 0.3 is 0 Å². The first kappa shape index (κ1) is 23.0. The molecular formula is C26H32N4O3. The molecule has 174 valence electrons. The fraction of sp³-hybridized carbons (Fsp3) is 0.423. The Balaban J connectivity index is 1.30. The van der Waals surface area contributed by atoms with Gasteiger partial charge in [0.15, 0.2) is 0 Å². The molecule has 0 aliphatic carbocycles. The average Bonchev–Trinajstić information content (AvgIpc) is 3.26. The van der Waals surface area contributed by atoms with Crippen LogP contribution in [0.2, 0.25) is 0 Å².